The molecule has 5 heteroatoms. The van der Waals surface area contributed by atoms with Crippen LogP contribution in [-0.2, 0) is 13.5 Å². The van der Waals surface area contributed by atoms with Gasteiger partial charge < -0.3 is 5.73 Å². The first-order valence-electron chi connectivity index (χ1n) is 4.96. The fourth-order valence-corrected chi connectivity index (χ4v) is 1.73. The second kappa shape index (κ2) is 3.42. The predicted octanol–water partition coefficient (Wildman–Crippen LogP) is 1.06. The van der Waals surface area contributed by atoms with Crippen LogP contribution in [0.5, 0.6) is 0 Å². The van der Waals surface area contributed by atoms with Gasteiger partial charge in [-0.3, -0.25) is 4.57 Å². The first kappa shape index (κ1) is 9.76. The average Bonchev–Trinajstić information content (AvgIpc) is 2.71. The summed E-state index contributed by atoms with van der Waals surface area (Å²) < 4.78 is 3.74. The molecule has 0 saturated heterocycles. The Kier molecular flexibility index (Phi) is 2.22. The van der Waals surface area contributed by atoms with Crippen LogP contribution in [0, 0.1) is 6.92 Å². The van der Waals surface area contributed by atoms with Crippen molar-refractivity contribution >= 4 is 5.69 Å². The molecule has 0 aliphatic rings. The van der Waals surface area contributed by atoms with Gasteiger partial charge in [-0.2, -0.15) is 5.10 Å². The second-order valence-corrected chi connectivity index (χ2v) is 3.51. The number of aryl methyl sites for hydroxylation is 3. The van der Waals surface area contributed by atoms with Crippen LogP contribution in [0.25, 0.3) is 5.82 Å². The van der Waals surface area contributed by atoms with Gasteiger partial charge >= 0.3 is 0 Å². The highest BCUT2D eigenvalue weighted by Crippen LogP contribution is 2.21. The van der Waals surface area contributed by atoms with Crippen LogP contribution in [0.4, 0.5) is 5.69 Å². The van der Waals surface area contributed by atoms with Crippen molar-refractivity contribution < 1.29 is 0 Å². The van der Waals surface area contributed by atoms with Crippen LogP contribution in [0.3, 0.4) is 0 Å². The number of anilines is 1. The van der Waals surface area contributed by atoms with E-state index < -0.39 is 0 Å². The molecule has 0 aliphatic heterocycles. The zero-order valence-electron chi connectivity index (χ0n) is 9.23. The van der Waals surface area contributed by atoms with Gasteiger partial charge in [-0.05, 0) is 13.3 Å². The first-order chi connectivity index (χ1) is 7.15. The van der Waals surface area contributed by atoms with Gasteiger partial charge in [-0.15, -0.1) is 0 Å². The van der Waals surface area contributed by atoms with Gasteiger partial charge in [0.2, 0.25) is 0 Å². The van der Waals surface area contributed by atoms with E-state index in [1.807, 2.05) is 31.7 Å². The van der Waals surface area contributed by atoms with E-state index in [2.05, 4.69) is 10.1 Å². The molecule has 0 fully saturated rings. The summed E-state index contributed by atoms with van der Waals surface area (Å²) in [6, 6.07) is 0. The molecule has 0 radical (unpaired) electrons. The van der Waals surface area contributed by atoms with E-state index in [1.165, 1.54) is 0 Å². The van der Waals surface area contributed by atoms with Gasteiger partial charge in [0.1, 0.15) is 5.82 Å². The molecule has 2 aromatic rings. The van der Waals surface area contributed by atoms with Gasteiger partial charge in [-0.1, -0.05) is 6.92 Å². The molecule has 80 valence electrons. The van der Waals surface area contributed by atoms with E-state index in [9.17, 15) is 0 Å². The van der Waals surface area contributed by atoms with Crippen LogP contribution >= 0.6 is 0 Å². The molecule has 0 amide bonds. The molecule has 0 aliphatic carbocycles. The van der Waals surface area contributed by atoms with Crippen LogP contribution in [-0.4, -0.2) is 19.3 Å². The Hall–Kier alpha value is -1.78. The normalized spacial score (nSPS) is 10.9. The minimum absolute atomic E-state index is 0.737. The fourth-order valence-electron chi connectivity index (χ4n) is 1.73. The van der Waals surface area contributed by atoms with E-state index in [1.54, 1.807) is 10.9 Å². The van der Waals surface area contributed by atoms with E-state index >= 15 is 0 Å². The molecule has 5 nitrogen and oxygen atoms in total. The number of nitrogen functional groups attached to an aromatic ring is 1. The van der Waals surface area contributed by atoms with Crippen LogP contribution < -0.4 is 5.73 Å². The maximum absolute atomic E-state index is 6.04. The lowest BCUT2D eigenvalue weighted by Crippen LogP contribution is -2.05. The average molecular weight is 205 g/mol. The highest BCUT2D eigenvalue weighted by Gasteiger charge is 2.14. The molecule has 0 atom stereocenters. The van der Waals surface area contributed by atoms with Crippen LogP contribution in [0.1, 0.15) is 18.4 Å². The van der Waals surface area contributed by atoms with Gasteiger partial charge in [0, 0.05) is 19.4 Å². The van der Waals surface area contributed by atoms with Gasteiger partial charge in [0.05, 0.1) is 11.4 Å². The van der Waals surface area contributed by atoms with Gasteiger partial charge in [0.15, 0.2) is 5.82 Å². The molecule has 0 aromatic carbocycles. The van der Waals surface area contributed by atoms with Crippen molar-refractivity contribution in [3.8, 4) is 5.82 Å². The Balaban J connectivity index is 2.63. The minimum Gasteiger partial charge on any atom is -0.394 e. The molecule has 2 rings (SSSR count). The summed E-state index contributed by atoms with van der Waals surface area (Å²) in [5.41, 5.74) is 7.71. The molecular formula is C10H15N5. The SMILES string of the molecule is CCc1nn(C)c(-n2ccnc2C)c1N. The summed E-state index contributed by atoms with van der Waals surface area (Å²) in [5.74, 6) is 1.80. The van der Waals surface area contributed by atoms with Crippen molar-refractivity contribution in [3.05, 3.63) is 23.9 Å². The standard InChI is InChI=1S/C10H15N5/c1-4-8-9(11)10(14(3)13-8)15-6-5-12-7(15)2/h5-6H,4,11H2,1-3H3. The number of hydrogen-bond acceptors (Lipinski definition) is 3. The van der Waals surface area contributed by atoms with Crippen molar-refractivity contribution in [2.75, 3.05) is 5.73 Å². The van der Waals surface area contributed by atoms with E-state index in [0.717, 1.165) is 29.4 Å². The molecule has 2 N–H and O–H groups in total. The number of aromatic nitrogens is 4. The summed E-state index contributed by atoms with van der Waals surface area (Å²) in [6.07, 6.45) is 4.49. The Morgan fingerprint density at radius 1 is 1.47 bits per heavy atom. The van der Waals surface area contributed by atoms with Crippen LogP contribution in [0.2, 0.25) is 0 Å². The minimum atomic E-state index is 0.737. The Labute approximate surface area is 88.5 Å². The van der Waals surface area contributed by atoms with Crippen molar-refractivity contribution in [2.24, 2.45) is 7.05 Å². The summed E-state index contributed by atoms with van der Waals surface area (Å²) in [5, 5.41) is 4.37. The van der Waals surface area contributed by atoms with E-state index in [4.69, 9.17) is 5.73 Å². The third-order valence-corrected chi connectivity index (χ3v) is 2.52. The van der Waals surface area contributed by atoms with E-state index in [-0.39, 0.29) is 0 Å². The number of nitrogens with two attached hydrogens (primary N) is 1. The molecule has 15 heavy (non-hydrogen) atoms. The summed E-state index contributed by atoms with van der Waals surface area (Å²) in [6.45, 7) is 3.99. The van der Waals surface area contributed by atoms with Crippen molar-refractivity contribution in [1.29, 1.82) is 0 Å². The summed E-state index contributed by atoms with van der Waals surface area (Å²) in [4.78, 5) is 4.18. The Morgan fingerprint density at radius 2 is 2.20 bits per heavy atom. The Bertz CT molecular complexity index is 480. The zero-order valence-corrected chi connectivity index (χ0v) is 9.23. The monoisotopic (exact) mass is 205 g/mol. The largest absolute Gasteiger partial charge is 0.394 e. The smallest absolute Gasteiger partial charge is 0.160 e. The van der Waals surface area contributed by atoms with E-state index in [0.29, 0.717) is 0 Å². The Morgan fingerprint density at radius 3 is 2.67 bits per heavy atom. The van der Waals surface area contributed by atoms with Crippen molar-refractivity contribution in [2.45, 2.75) is 20.3 Å². The lowest BCUT2D eigenvalue weighted by Gasteiger charge is -2.05. The summed E-state index contributed by atoms with van der Waals surface area (Å²) in [7, 11) is 1.89. The third kappa shape index (κ3) is 1.40. The maximum Gasteiger partial charge on any atom is 0.160 e. The maximum atomic E-state index is 6.04. The zero-order chi connectivity index (χ0) is 11.0. The quantitative estimate of drug-likeness (QED) is 0.797. The summed E-state index contributed by atoms with van der Waals surface area (Å²) >= 11 is 0. The lowest BCUT2D eigenvalue weighted by atomic mass is 10.3. The molecule has 0 spiro atoms. The molecular weight excluding hydrogens is 190 g/mol. The number of nitrogens with zero attached hydrogens (tertiary/aromatic N) is 4. The lowest BCUT2D eigenvalue weighted by molar-refractivity contribution is 0.709. The molecule has 0 saturated carbocycles. The van der Waals surface area contributed by atoms with Gasteiger partial charge in [0.25, 0.3) is 0 Å². The highest BCUT2D eigenvalue weighted by molar-refractivity contribution is 5.58. The highest BCUT2D eigenvalue weighted by atomic mass is 15.3. The number of imidazole rings is 1. The molecule has 2 heterocycles. The molecule has 0 bridgehead atoms. The number of rotatable bonds is 2. The molecule has 2 aromatic heterocycles. The predicted molar refractivity (Wildman–Crippen MR) is 58.9 cm³/mol. The fraction of sp³-hybridized carbons (Fsp3) is 0.400. The van der Waals surface area contributed by atoms with Crippen molar-refractivity contribution in [3.63, 3.8) is 0 Å². The molecule has 0 unspecified atom stereocenters. The number of hydrogen-bond donors (Lipinski definition) is 1. The topological polar surface area (TPSA) is 61.7 Å². The van der Waals surface area contributed by atoms with Crippen LogP contribution in [0.15, 0.2) is 12.4 Å². The third-order valence-electron chi connectivity index (χ3n) is 2.52. The first-order valence-corrected chi connectivity index (χ1v) is 4.96. The second-order valence-electron chi connectivity index (χ2n) is 3.51. The van der Waals surface area contributed by atoms with Crippen molar-refractivity contribution in [1.82, 2.24) is 19.3 Å². The van der Waals surface area contributed by atoms with Gasteiger partial charge in [-0.25, -0.2) is 9.67 Å².